The van der Waals surface area contributed by atoms with E-state index < -0.39 is 81.0 Å². The summed E-state index contributed by atoms with van der Waals surface area (Å²) in [5.41, 5.74) is 1.78. The second-order valence-corrected chi connectivity index (χ2v) is 17.7. The number of carbonyl (C=O) groups is 1. The van der Waals surface area contributed by atoms with Gasteiger partial charge in [-0.1, -0.05) is 83.5 Å². The Bertz CT molecular complexity index is 2030. The molecule has 1 fully saturated rings. The van der Waals surface area contributed by atoms with E-state index in [1.54, 1.807) is 79.7 Å². The number of anilines is 2. The van der Waals surface area contributed by atoms with Crippen molar-refractivity contribution in [1.82, 2.24) is 5.32 Å². The molecule has 2 heterocycles. The number of amides is 2. The number of fused-ring (bicyclic) bond motifs is 1. The van der Waals surface area contributed by atoms with Crippen LogP contribution < -0.4 is 72.0 Å². The SMILES string of the molecule is C.CCCC[C@]1(CC)CS(=O)(=O)c2ccc(N(C)C)cc2[C@@H](c2cccc(NC(=O)N[C@@H]3O[C@H](COS(=O)(=O)O)[C@@H](O)[C@H](OCc4ccccc4)[C@H]3O)c2)[C@H]1O.CC[O-].O.[K+]. The summed E-state index contributed by atoms with van der Waals surface area (Å²) in [5, 5.41) is 48.6. The van der Waals surface area contributed by atoms with Gasteiger partial charge in [-0.15, -0.1) is 6.61 Å². The summed E-state index contributed by atoms with van der Waals surface area (Å²) in [6.07, 6.45) is -6.32. The smallest absolute Gasteiger partial charge is 0.855 e. The van der Waals surface area contributed by atoms with Crippen LogP contribution in [0.25, 0.3) is 0 Å². The maximum absolute atomic E-state index is 14.0. The minimum Gasteiger partial charge on any atom is -0.855 e. The zero-order valence-electron chi connectivity index (χ0n) is 34.9. The van der Waals surface area contributed by atoms with Crippen LogP contribution in [-0.4, -0.2) is 118 Å². The number of hydrogen-bond donors (Lipinski definition) is 6. The number of hydrogen-bond acceptors (Lipinski definition) is 13. The van der Waals surface area contributed by atoms with E-state index in [0.717, 1.165) is 18.5 Å². The Balaban J connectivity index is 0.00000301. The monoisotopic (exact) mass is 923 g/mol. The van der Waals surface area contributed by atoms with E-state index in [1.807, 2.05) is 32.8 Å². The van der Waals surface area contributed by atoms with Crippen LogP contribution in [0.3, 0.4) is 0 Å². The van der Waals surface area contributed by atoms with Crippen LogP contribution in [0.15, 0.2) is 77.7 Å². The number of rotatable bonds is 14. The van der Waals surface area contributed by atoms with E-state index in [9.17, 15) is 36.9 Å². The molecule has 8 N–H and O–H groups in total. The Morgan fingerprint density at radius 2 is 1.66 bits per heavy atom. The Hall–Kier alpha value is -2.09. The number of benzene rings is 3. The fourth-order valence-corrected chi connectivity index (χ4v) is 9.98. The van der Waals surface area contributed by atoms with Crippen LogP contribution in [0.5, 0.6) is 0 Å². The van der Waals surface area contributed by atoms with Crippen LogP contribution in [0.2, 0.25) is 0 Å². The molecule has 0 aliphatic carbocycles. The third-order valence-corrected chi connectivity index (χ3v) is 12.9. The number of nitrogens with zero attached hydrogens (tertiary/aromatic N) is 1. The fourth-order valence-electron chi connectivity index (χ4n) is 7.42. The first-order chi connectivity index (χ1) is 27.4. The quantitative estimate of drug-likeness (QED) is 0.0902. The van der Waals surface area contributed by atoms with Crippen molar-refractivity contribution in [3.63, 3.8) is 0 Å². The van der Waals surface area contributed by atoms with Gasteiger partial charge in [-0.3, -0.25) is 4.55 Å². The van der Waals surface area contributed by atoms with Gasteiger partial charge in [-0.25, -0.2) is 17.4 Å². The van der Waals surface area contributed by atoms with Crippen molar-refractivity contribution in [2.45, 2.75) is 108 Å². The zero-order chi connectivity index (χ0) is 42.8. The average Bonchev–Trinajstić information content (AvgIpc) is 3.24. The number of unbranched alkanes of at least 4 members (excludes halogenated alkanes) is 1. The molecular formula is C41H62KN3O14S2. The summed E-state index contributed by atoms with van der Waals surface area (Å²) in [5.74, 6) is -1.00. The van der Waals surface area contributed by atoms with Gasteiger partial charge in [0.1, 0.15) is 24.4 Å². The summed E-state index contributed by atoms with van der Waals surface area (Å²) < 4.78 is 75.7. The van der Waals surface area contributed by atoms with Gasteiger partial charge in [-0.2, -0.15) is 8.42 Å². The third-order valence-electron chi connectivity index (χ3n) is 10.5. The summed E-state index contributed by atoms with van der Waals surface area (Å²) in [7, 11) is -5.07. The first-order valence-electron chi connectivity index (χ1n) is 19.2. The van der Waals surface area contributed by atoms with E-state index in [4.69, 9.17) is 19.1 Å². The van der Waals surface area contributed by atoms with Gasteiger partial charge in [-0.05, 0) is 59.9 Å². The van der Waals surface area contributed by atoms with Crippen LogP contribution in [0.4, 0.5) is 16.2 Å². The Morgan fingerprint density at radius 3 is 2.25 bits per heavy atom. The van der Waals surface area contributed by atoms with Crippen LogP contribution in [0, 0.1) is 5.41 Å². The van der Waals surface area contributed by atoms with Gasteiger partial charge in [0.25, 0.3) is 0 Å². The van der Waals surface area contributed by atoms with Crippen LogP contribution in [-0.2, 0) is 40.5 Å². The van der Waals surface area contributed by atoms with Gasteiger partial charge >= 0.3 is 67.8 Å². The molecule has 0 spiro atoms. The van der Waals surface area contributed by atoms with Gasteiger partial charge in [0, 0.05) is 36.8 Å². The number of ether oxygens (including phenoxy) is 2. The molecule has 2 aliphatic heterocycles. The maximum Gasteiger partial charge on any atom is 1.00 e. The number of sulfone groups is 1. The normalized spacial score (nSPS) is 25.3. The Labute approximate surface area is 402 Å². The molecule has 8 atom stereocenters. The average molecular weight is 924 g/mol. The van der Waals surface area contributed by atoms with Gasteiger partial charge in [0.05, 0.1) is 30.0 Å². The van der Waals surface area contributed by atoms with Crippen molar-refractivity contribution in [1.29, 1.82) is 0 Å². The van der Waals surface area contributed by atoms with Crippen LogP contribution >= 0.6 is 0 Å². The van der Waals surface area contributed by atoms with E-state index >= 15 is 0 Å². The van der Waals surface area contributed by atoms with Gasteiger partial charge < -0.3 is 50.9 Å². The predicted octanol–water partition coefficient (Wildman–Crippen LogP) is -0.226. The van der Waals surface area contributed by atoms with Crippen molar-refractivity contribution >= 4 is 37.6 Å². The molecule has 0 bridgehead atoms. The molecule has 5 rings (SSSR count). The van der Waals surface area contributed by atoms with Crippen molar-refractivity contribution in [2.75, 3.05) is 43.3 Å². The molecule has 0 aromatic heterocycles. The third kappa shape index (κ3) is 15.0. The van der Waals surface area contributed by atoms with Gasteiger partial charge in [0.15, 0.2) is 16.1 Å². The number of aliphatic hydroxyl groups excluding tert-OH is 3. The molecule has 2 aliphatic rings. The summed E-state index contributed by atoms with van der Waals surface area (Å²) in [6, 6.07) is 19.8. The fraction of sp³-hybridized carbons (Fsp3) is 0.537. The standard InChI is InChI=1S/C38H51N3O12S2.C2H5O.CH4.K.H2O/c1-5-7-18-38(6-2)23-54(46,47)30-17-16-27(41(3)4)20-28(30)31(35(38)44)25-14-11-15-26(19-25)39-37(45)40-36-33(43)34(51-21-24-12-9-8-10-13-24)32(42)29(53-36)22-52-55(48,49)50;1-2-3;;;/h8-17,19-20,29,31-36,42-44H,5-7,18,21-23H2,1-4H3,(H2,39,40,45)(H,48,49,50);2H2,1H3;1H4;;1H2/q;-1;;+1;/t29-,31-,32-,33-,34+,35-,36-,38-;;;;/m1..../s1. The Morgan fingerprint density at radius 1 is 1.00 bits per heavy atom. The largest absolute Gasteiger partial charge is 1.00 e. The predicted molar refractivity (Wildman–Crippen MR) is 226 cm³/mol. The van der Waals surface area contributed by atoms with Crippen molar-refractivity contribution in [2.24, 2.45) is 5.41 Å². The zero-order valence-corrected chi connectivity index (χ0v) is 39.6. The topological polar surface area (TPSA) is 276 Å². The Kier molecular flexibility index (Phi) is 23.7. The summed E-state index contributed by atoms with van der Waals surface area (Å²) in [4.78, 5) is 15.5. The van der Waals surface area contributed by atoms with Crippen molar-refractivity contribution in [3.8, 4) is 0 Å². The molecular weight excluding hydrogens is 862 g/mol. The van der Waals surface area contributed by atoms with E-state index in [-0.39, 0.29) is 93.8 Å². The molecule has 0 unspecified atom stereocenters. The minimum atomic E-state index is -4.93. The first kappa shape index (κ1) is 56.9. The molecule has 0 saturated carbocycles. The second kappa shape index (κ2) is 25.4. The first-order valence-corrected chi connectivity index (χ1v) is 22.2. The number of carbonyl (C=O) groups excluding carboxylic acids is 1. The van der Waals surface area contributed by atoms with Gasteiger partial charge in [0.2, 0.25) is 0 Å². The minimum absolute atomic E-state index is 0. The van der Waals surface area contributed by atoms with Crippen molar-refractivity contribution < 1.29 is 117 Å². The molecule has 338 valence electrons. The molecule has 61 heavy (non-hydrogen) atoms. The van der Waals surface area contributed by atoms with Crippen molar-refractivity contribution in [3.05, 3.63) is 89.5 Å². The molecule has 3 aromatic carbocycles. The summed E-state index contributed by atoms with van der Waals surface area (Å²) in [6.45, 7) is 4.57. The number of aliphatic hydroxyl groups is 3. The van der Waals surface area contributed by atoms with Crippen LogP contribution in [0.1, 0.15) is 76.5 Å². The second-order valence-electron chi connectivity index (χ2n) is 14.7. The molecule has 17 nitrogen and oxygen atoms in total. The number of urea groups is 1. The molecule has 20 heteroatoms. The summed E-state index contributed by atoms with van der Waals surface area (Å²) >= 11 is 0. The van der Waals surface area contributed by atoms with E-state index in [1.165, 1.54) is 0 Å². The van der Waals surface area contributed by atoms with E-state index in [0.29, 0.717) is 29.5 Å². The number of nitrogens with one attached hydrogen (secondary N) is 2. The molecule has 2 amide bonds. The maximum atomic E-state index is 14.0. The molecule has 0 radical (unpaired) electrons. The van der Waals surface area contributed by atoms with E-state index in [2.05, 4.69) is 14.8 Å². The molecule has 3 aromatic rings. The molecule has 1 saturated heterocycles.